The zero-order valence-electron chi connectivity index (χ0n) is 14.5. The van der Waals surface area contributed by atoms with Crippen LogP contribution in [0.2, 0.25) is 0 Å². The molecule has 3 rings (SSSR count). The van der Waals surface area contributed by atoms with Crippen molar-refractivity contribution in [2.24, 2.45) is 0 Å². The first-order valence-corrected chi connectivity index (χ1v) is 10.0. The van der Waals surface area contributed by atoms with E-state index in [1.807, 2.05) is 6.92 Å². The van der Waals surface area contributed by atoms with E-state index in [0.29, 0.717) is 29.5 Å². The van der Waals surface area contributed by atoms with E-state index in [9.17, 15) is 13.2 Å². The van der Waals surface area contributed by atoms with Gasteiger partial charge in [-0.15, -0.1) is 0 Å². The molecule has 0 aromatic heterocycles. The number of sulfonamides is 1. The Morgan fingerprint density at radius 1 is 1.23 bits per heavy atom. The van der Waals surface area contributed by atoms with Gasteiger partial charge in [0.15, 0.2) is 6.10 Å². The molecule has 1 atom stereocenters. The third-order valence-electron chi connectivity index (χ3n) is 3.86. The molecule has 0 fully saturated rings. The monoisotopic (exact) mass is 376 g/mol. The van der Waals surface area contributed by atoms with Gasteiger partial charge in [0, 0.05) is 5.69 Å². The number of hydrogen-bond donors (Lipinski definition) is 1. The minimum atomic E-state index is -3.53. The van der Waals surface area contributed by atoms with Gasteiger partial charge in [0.2, 0.25) is 10.0 Å². The van der Waals surface area contributed by atoms with Gasteiger partial charge < -0.3 is 14.8 Å². The van der Waals surface area contributed by atoms with Crippen LogP contribution in [-0.4, -0.2) is 39.8 Å². The van der Waals surface area contributed by atoms with Crippen LogP contribution in [0.1, 0.15) is 6.92 Å². The molecule has 0 saturated carbocycles. The number of benzene rings is 2. The molecular weight excluding hydrogens is 356 g/mol. The van der Waals surface area contributed by atoms with Gasteiger partial charge in [0.25, 0.3) is 5.91 Å². The largest absolute Gasteiger partial charge is 0.494 e. The molecule has 0 radical (unpaired) electrons. The van der Waals surface area contributed by atoms with Crippen molar-refractivity contribution in [3.8, 4) is 11.5 Å². The number of nitrogens with zero attached hydrogens (tertiary/aromatic N) is 1. The maximum absolute atomic E-state index is 12.6. The maximum atomic E-state index is 12.6. The number of amides is 1. The van der Waals surface area contributed by atoms with Crippen LogP contribution < -0.4 is 19.1 Å². The van der Waals surface area contributed by atoms with Crippen LogP contribution >= 0.6 is 0 Å². The second kappa shape index (κ2) is 7.25. The van der Waals surface area contributed by atoms with Gasteiger partial charge in [0.1, 0.15) is 11.5 Å². The molecule has 1 unspecified atom stereocenters. The third kappa shape index (κ3) is 3.91. The third-order valence-corrected chi connectivity index (χ3v) is 5.01. The summed E-state index contributed by atoms with van der Waals surface area (Å²) in [7, 11) is -3.53. The Morgan fingerprint density at radius 3 is 2.58 bits per heavy atom. The van der Waals surface area contributed by atoms with Crippen LogP contribution in [0.15, 0.2) is 48.5 Å². The molecule has 0 saturated heterocycles. The van der Waals surface area contributed by atoms with Gasteiger partial charge in [-0.1, -0.05) is 12.1 Å². The van der Waals surface area contributed by atoms with Gasteiger partial charge >= 0.3 is 0 Å². The average molecular weight is 376 g/mol. The lowest BCUT2D eigenvalue weighted by Crippen LogP contribution is -2.48. The second-order valence-electron chi connectivity index (χ2n) is 5.81. The lowest BCUT2D eigenvalue weighted by atomic mass is 10.2. The lowest BCUT2D eigenvalue weighted by Gasteiger charge is -2.33. The Labute approximate surface area is 152 Å². The molecule has 7 nitrogen and oxygen atoms in total. The summed E-state index contributed by atoms with van der Waals surface area (Å²) in [5.74, 6) is 0.643. The summed E-state index contributed by atoms with van der Waals surface area (Å²) in [6, 6.07) is 13.7. The first kappa shape index (κ1) is 18.1. The fourth-order valence-corrected chi connectivity index (χ4v) is 3.59. The zero-order valence-corrected chi connectivity index (χ0v) is 15.3. The minimum Gasteiger partial charge on any atom is -0.494 e. The van der Waals surface area contributed by atoms with Gasteiger partial charge in [0.05, 0.1) is 25.1 Å². The van der Waals surface area contributed by atoms with E-state index in [0.717, 1.165) is 6.26 Å². The predicted molar refractivity (Wildman–Crippen MR) is 99.3 cm³/mol. The number of para-hydroxylation sites is 2. The molecule has 0 bridgehead atoms. The van der Waals surface area contributed by atoms with Crippen molar-refractivity contribution >= 4 is 27.3 Å². The highest BCUT2D eigenvalue weighted by Crippen LogP contribution is 2.34. The summed E-state index contributed by atoms with van der Waals surface area (Å²) in [5.41, 5.74) is 1.01. The highest BCUT2D eigenvalue weighted by atomic mass is 32.2. The van der Waals surface area contributed by atoms with E-state index >= 15 is 0 Å². The van der Waals surface area contributed by atoms with Crippen molar-refractivity contribution in [2.75, 3.05) is 29.0 Å². The maximum Gasteiger partial charge on any atom is 0.267 e. The summed E-state index contributed by atoms with van der Waals surface area (Å²) in [4.78, 5) is 12.6. The molecule has 1 aliphatic rings. The van der Waals surface area contributed by atoms with Gasteiger partial charge in [-0.25, -0.2) is 8.42 Å². The average Bonchev–Trinajstić information content (AvgIpc) is 2.62. The molecule has 2 aromatic carbocycles. The quantitative estimate of drug-likeness (QED) is 0.865. The number of nitrogens with one attached hydrogen (secondary N) is 1. The molecule has 1 heterocycles. The summed E-state index contributed by atoms with van der Waals surface area (Å²) >= 11 is 0. The summed E-state index contributed by atoms with van der Waals surface area (Å²) in [6.07, 6.45) is 0.155. The Bertz CT molecular complexity index is 896. The highest BCUT2D eigenvalue weighted by molar-refractivity contribution is 7.92. The fourth-order valence-electron chi connectivity index (χ4n) is 2.68. The van der Waals surface area contributed by atoms with E-state index in [4.69, 9.17) is 9.47 Å². The van der Waals surface area contributed by atoms with E-state index < -0.39 is 22.0 Å². The van der Waals surface area contributed by atoms with Crippen molar-refractivity contribution in [1.82, 2.24) is 0 Å². The number of carbonyl (C=O) groups is 1. The van der Waals surface area contributed by atoms with Gasteiger partial charge in [-0.05, 0) is 43.3 Å². The van der Waals surface area contributed by atoms with Crippen LogP contribution in [0.5, 0.6) is 11.5 Å². The van der Waals surface area contributed by atoms with Crippen molar-refractivity contribution in [3.05, 3.63) is 48.5 Å². The standard InChI is InChI=1S/C18H20N2O5S/c1-3-24-14-10-8-13(9-11-14)19-18(21)17-12-20(26(2,22)23)15-6-4-5-7-16(15)25-17/h4-11,17H,3,12H2,1-2H3,(H,19,21). The number of carbonyl (C=O) groups excluding carboxylic acids is 1. The molecule has 8 heteroatoms. The van der Waals surface area contributed by atoms with Crippen LogP contribution in [0, 0.1) is 0 Å². The molecule has 1 aliphatic heterocycles. The fraction of sp³-hybridized carbons (Fsp3) is 0.278. The highest BCUT2D eigenvalue weighted by Gasteiger charge is 2.34. The Hall–Kier alpha value is -2.74. The Balaban J connectivity index is 1.78. The lowest BCUT2D eigenvalue weighted by molar-refractivity contribution is -0.122. The molecule has 138 valence electrons. The predicted octanol–water partition coefficient (Wildman–Crippen LogP) is 2.25. The van der Waals surface area contributed by atoms with Crippen LogP contribution in [0.25, 0.3) is 0 Å². The van der Waals surface area contributed by atoms with Crippen molar-refractivity contribution in [3.63, 3.8) is 0 Å². The number of anilines is 2. The van der Waals surface area contributed by atoms with Crippen LogP contribution in [0.3, 0.4) is 0 Å². The van der Waals surface area contributed by atoms with Crippen LogP contribution in [0.4, 0.5) is 11.4 Å². The number of fused-ring (bicyclic) bond motifs is 1. The Kier molecular flexibility index (Phi) is 5.03. The van der Waals surface area contributed by atoms with E-state index in [-0.39, 0.29) is 6.54 Å². The molecule has 0 aliphatic carbocycles. The van der Waals surface area contributed by atoms with Crippen molar-refractivity contribution < 1.29 is 22.7 Å². The molecular formula is C18H20N2O5S. The zero-order chi connectivity index (χ0) is 18.7. The molecule has 1 N–H and O–H groups in total. The van der Waals surface area contributed by atoms with E-state index in [1.54, 1.807) is 48.5 Å². The molecule has 1 amide bonds. The minimum absolute atomic E-state index is 0.0846. The topological polar surface area (TPSA) is 84.9 Å². The van der Waals surface area contributed by atoms with Crippen molar-refractivity contribution in [1.29, 1.82) is 0 Å². The van der Waals surface area contributed by atoms with E-state index in [2.05, 4.69) is 5.32 Å². The number of rotatable bonds is 5. The smallest absolute Gasteiger partial charge is 0.267 e. The molecule has 0 spiro atoms. The first-order valence-electron chi connectivity index (χ1n) is 8.15. The van der Waals surface area contributed by atoms with Crippen LogP contribution in [-0.2, 0) is 14.8 Å². The van der Waals surface area contributed by atoms with E-state index in [1.165, 1.54) is 4.31 Å². The number of ether oxygens (including phenoxy) is 2. The van der Waals surface area contributed by atoms with Crippen molar-refractivity contribution in [2.45, 2.75) is 13.0 Å². The first-order chi connectivity index (χ1) is 12.4. The Morgan fingerprint density at radius 2 is 1.92 bits per heavy atom. The molecule has 2 aromatic rings. The molecule has 26 heavy (non-hydrogen) atoms. The SMILES string of the molecule is CCOc1ccc(NC(=O)C2CN(S(C)(=O)=O)c3ccccc3O2)cc1. The summed E-state index contributed by atoms with van der Waals surface area (Å²) in [6.45, 7) is 2.36. The van der Waals surface area contributed by atoms with Gasteiger partial charge in [-0.2, -0.15) is 0 Å². The van der Waals surface area contributed by atoms with Gasteiger partial charge in [-0.3, -0.25) is 9.10 Å². The summed E-state index contributed by atoms with van der Waals surface area (Å²) < 4.78 is 36.5. The normalized spacial score (nSPS) is 16.4. The number of hydrogen-bond acceptors (Lipinski definition) is 5. The second-order valence-corrected chi connectivity index (χ2v) is 7.72. The summed E-state index contributed by atoms with van der Waals surface area (Å²) in [5, 5.41) is 2.74.